The normalized spacial score (nSPS) is 19.7. The van der Waals surface area contributed by atoms with E-state index in [-0.39, 0.29) is 24.0 Å². The van der Waals surface area contributed by atoms with Crippen LogP contribution in [0.15, 0.2) is 10.4 Å². The van der Waals surface area contributed by atoms with Crippen molar-refractivity contribution in [2.24, 2.45) is 11.1 Å². The molecule has 1 unspecified atom stereocenters. The van der Waals surface area contributed by atoms with Crippen LogP contribution >= 0.6 is 23.1 Å². The Morgan fingerprint density at radius 2 is 2.42 bits per heavy atom. The Hall–Kier alpha value is -1.15. The summed E-state index contributed by atoms with van der Waals surface area (Å²) in [6, 6.07) is 0. The van der Waals surface area contributed by atoms with Gasteiger partial charge in [0.15, 0.2) is 5.13 Å². The van der Waals surface area contributed by atoms with Gasteiger partial charge in [-0.1, -0.05) is 11.3 Å². The molecular weight excluding hydrogens is 308 g/mol. The molecule has 1 aromatic heterocycles. The average Bonchev–Trinajstić information content (AvgIpc) is 2.84. The van der Waals surface area contributed by atoms with Crippen molar-refractivity contribution in [1.29, 1.82) is 5.26 Å². The number of primary sulfonamides is 1. The Morgan fingerprint density at radius 3 is 3.05 bits per heavy atom. The first-order chi connectivity index (χ1) is 8.89. The van der Waals surface area contributed by atoms with E-state index < -0.39 is 10.0 Å². The molecule has 0 aromatic carbocycles. The summed E-state index contributed by atoms with van der Waals surface area (Å²) in [4.78, 5) is 17.3. The summed E-state index contributed by atoms with van der Waals surface area (Å²) >= 11 is 2.21. The van der Waals surface area contributed by atoms with Crippen molar-refractivity contribution in [3.05, 3.63) is 6.20 Å². The fourth-order valence-electron chi connectivity index (χ4n) is 1.87. The molecule has 0 bridgehead atoms. The minimum atomic E-state index is -3.58. The Balaban J connectivity index is 2.09. The lowest BCUT2D eigenvalue weighted by Gasteiger charge is -2.12. The van der Waals surface area contributed by atoms with E-state index in [1.807, 2.05) is 5.40 Å². The van der Waals surface area contributed by atoms with Crippen molar-refractivity contribution in [3.63, 3.8) is 0 Å². The number of carbonyl (C=O) groups excluding carboxylic acids is 1. The molecule has 102 valence electrons. The van der Waals surface area contributed by atoms with Crippen LogP contribution in [0.3, 0.4) is 0 Å². The van der Waals surface area contributed by atoms with Crippen LogP contribution in [-0.4, -0.2) is 31.6 Å². The zero-order valence-corrected chi connectivity index (χ0v) is 12.1. The molecule has 1 aromatic rings. The molecule has 0 saturated carbocycles. The molecule has 19 heavy (non-hydrogen) atoms. The third kappa shape index (κ3) is 3.66. The number of amides is 1. The summed E-state index contributed by atoms with van der Waals surface area (Å²) in [6.45, 7) is 0.291. The van der Waals surface area contributed by atoms with E-state index in [4.69, 9.17) is 10.4 Å². The number of anilines is 1. The number of thiocyanates is 1. The van der Waals surface area contributed by atoms with Crippen LogP contribution < -0.4 is 10.0 Å². The summed E-state index contributed by atoms with van der Waals surface area (Å²) in [7, 11) is -3.58. The standard InChI is InChI=1S/C9H10N4O3S3/c10-5-17-8-2-12-9(18-8)13-3-6(1-7(13)14)4-19(11,15)16/h2,6H,1,3-4H2,(H2,11,15,16). The molecule has 1 saturated heterocycles. The molecule has 2 heterocycles. The van der Waals surface area contributed by atoms with Gasteiger partial charge in [-0.3, -0.25) is 9.69 Å². The van der Waals surface area contributed by atoms with Crippen LogP contribution in [0.1, 0.15) is 6.42 Å². The number of thiazole rings is 1. The van der Waals surface area contributed by atoms with Crippen LogP contribution in [0.2, 0.25) is 0 Å². The van der Waals surface area contributed by atoms with Crippen molar-refractivity contribution < 1.29 is 13.2 Å². The summed E-state index contributed by atoms with van der Waals surface area (Å²) in [5.74, 6) is -0.685. The molecule has 1 aliphatic heterocycles. The lowest BCUT2D eigenvalue weighted by molar-refractivity contribution is -0.117. The fourth-order valence-corrected chi connectivity index (χ4v) is 4.13. The number of thioether (sulfide) groups is 1. The molecule has 7 nitrogen and oxygen atoms in total. The molecular formula is C9H10N4O3S3. The van der Waals surface area contributed by atoms with Crippen LogP contribution in [-0.2, 0) is 14.8 Å². The minimum absolute atomic E-state index is 0.150. The smallest absolute Gasteiger partial charge is 0.229 e. The van der Waals surface area contributed by atoms with Crippen LogP contribution in [0.4, 0.5) is 5.13 Å². The molecule has 10 heteroatoms. The summed E-state index contributed by atoms with van der Waals surface area (Å²) in [5.41, 5.74) is 0. The summed E-state index contributed by atoms with van der Waals surface area (Å²) in [5, 5.41) is 15.9. The second-order valence-electron chi connectivity index (χ2n) is 4.06. The highest BCUT2D eigenvalue weighted by atomic mass is 32.2. The number of nitrogens with two attached hydrogens (primary N) is 1. The van der Waals surface area contributed by atoms with Gasteiger partial charge in [0.1, 0.15) is 5.40 Å². The van der Waals surface area contributed by atoms with Crippen molar-refractivity contribution >= 4 is 44.2 Å². The number of hydrogen-bond acceptors (Lipinski definition) is 7. The topological polar surface area (TPSA) is 117 Å². The van der Waals surface area contributed by atoms with Gasteiger partial charge in [-0.05, 0) is 0 Å². The van der Waals surface area contributed by atoms with E-state index in [1.54, 1.807) is 0 Å². The fraction of sp³-hybridized carbons (Fsp3) is 0.444. The molecule has 2 rings (SSSR count). The highest BCUT2D eigenvalue weighted by Crippen LogP contribution is 2.33. The van der Waals surface area contributed by atoms with E-state index in [0.717, 1.165) is 11.8 Å². The van der Waals surface area contributed by atoms with E-state index in [2.05, 4.69) is 4.98 Å². The molecule has 1 amide bonds. The van der Waals surface area contributed by atoms with Gasteiger partial charge in [-0.2, -0.15) is 5.26 Å². The Bertz CT molecular complexity index is 633. The first kappa shape index (κ1) is 14.3. The van der Waals surface area contributed by atoms with E-state index >= 15 is 0 Å². The molecule has 0 radical (unpaired) electrons. The van der Waals surface area contributed by atoms with Gasteiger partial charge in [0, 0.05) is 30.6 Å². The van der Waals surface area contributed by atoms with Crippen molar-refractivity contribution in [1.82, 2.24) is 4.98 Å². The van der Waals surface area contributed by atoms with Gasteiger partial charge in [0.2, 0.25) is 15.9 Å². The minimum Gasteiger partial charge on any atom is -0.288 e. The zero-order valence-electron chi connectivity index (χ0n) is 9.64. The monoisotopic (exact) mass is 318 g/mol. The van der Waals surface area contributed by atoms with Gasteiger partial charge in [-0.25, -0.2) is 18.5 Å². The quantitative estimate of drug-likeness (QED) is 0.632. The van der Waals surface area contributed by atoms with Gasteiger partial charge in [0.05, 0.1) is 16.2 Å². The highest BCUT2D eigenvalue weighted by Gasteiger charge is 2.34. The van der Waals surface area contributed by atoms with Gasteiger partial charge in [0.25, 0.3) is 0 Å². The molecule has 0 spiro atoms. The lowest BCUT2D eigenvalue weighted by atomic mass is 10.1. The van der Waals surface area contributed by atoms with Crippen LogP contribution in [0.25, 0.3) is 0 Å². The number of carbonyl (C=O) groups is 1. The van der Waals surface area contributed by atoms with Gasteiger partial charge < -0.3 is 0 Å². The molecule has 2 N–H and O–H groups in total. The number of aromatic nitrogens is 1. The highest BCUT2D eigenvalue weighted by molar-refractivity contribution is 8.05. The predicted octanol–water partition coefficient (Wildman–Crippen LogP) is 0.358. The molecule has 1 atom stereocenters. The number of hydrogen-bond donors (Lipinski definition) is 1. The van der Waals surface area contributed by atoms with E-state index in [0.29, 0.717) is 15.9 Å². The molecule has 1 aliphatic rings. The van der Waals surface area contributed by atoms with Crippen molar-refractivity contribution in [2.75, 3.05) is 17.2 Å². The average molecular weight is 318 g/mol. The van der Waals surface area contributed by atoms with E-state index in [1.165, 1.54) is 22.4 Å². The largest absolute Gasteiger partial charge is 0.288 e. The third-order valence-corrected chi connectivity index (χ3v) is 5.17. The first-order valence-corrected chi connectivity index (χ1v) is 8.56. The maximum absolute atomic E-state index is 11.8. The molecule has 0 aliphatic carbocycles. The first-order valence-electron chi connectivity index (χ1n) is 5.21. The number of rotatable bonds is 4. The Kier molecular flexibility index (Phi) is 4.10. The second-order valence-corrected chi connectivity index (χ2v) is 7.81. The van der Waals surface area contributed by atoms with Crippen molar-refractivity contribution in [2.45, 2.75) is 10.6 Å². The van der Waals surface area contributed by atoms with Crippen LogP contribution in [0, 0.1) is 16.6 Å². The zero-order chi connectivity index (χ0) is 14.0. The number of nitrogens with zero attached hydrogens (tertiary/aromatic N) is 3. The Morgan fingerprint density at radius 1 is 1.68 bits per heavy atom. The Labute approximate surface area is 118 Å². The van der Waals surface area contributed by atoms with Crippen molar-refractivity contribution in [3.8, 4) is 5.40 Å². The van der Waals surface area contributed by atoms with Crippen LogP contribution in [0.5, 0.6) is 0 Å². The lowest BCUT2D eigenvalue weighted by Crippen LogP contribution is -2.27. The number of sulfonamides is 1. The molecule has 1 fully saturated rings. The summed E-state index contributed by atoms with van der Waals surface area (Å²) in [6.07, 6.45) is 1.67. The SMILES string of the molecule is N#CSc1cnc(N2CC(CS(N)(=O)=O)CC2=O)s1. The maximum atomic E-state index is 11.8. The van der Waals surface area contributed by atoms with Gasteiger partial charge >= 0.3 is 0 Å². The van der Waals surface area contributed by atoms with E-state index in [9.17, 15) is 13.2 Å². The summed E-state index contributed by atoms with van der Waals surface area (Å²) < 4.78 is 22.7. The second kappa shape index (κ2) is 5.46. The van der Waals surface area contributed by atoms with Gasteiger partial charge in [-0.15, -0.1) is 0 Å². The third-order valence-electron chi connectivity index (χ3n) is 2.52. The number of nitriles is 1. The maximum Gasteiger partial charge on any atom is 0.229 e. The predicted molar refractivity (Wildman–Crippen MR) is 72.0 cm³/mol.